The number of sulfonamides is 1. The van der Waals surface area contributed by atoms with Crippen LogP contribution >= 0.6 is 11.6 Å². The highest BCUT2D eigenvalue weighted by molar-refractivity contribution is 7.89. The molecule has 112 valence electrons. The van der Waals surface area contributed by atoms with Crippen LogP contribution in [0.2, 0.25) is 5.02 Å². The lowest BCUT2D eigenvalue weighted by Crippen LogP contribution is -2.42. The van der Waals surface area contributed by atoms with Gasteiger partial charge in [0.2, 0.25) is 10.0 Å². The fourth-order valence-electron chi connectivity index (χ4n) is 2.70. The lowest BCUT2D eigenvalue weighted by molar-refractivity contribution is 0.222. The number of anilines is 1. The van der Waals surface area contributed by atoms with Crippen molar-refractivity contribution in [1.29, 1.82) is 0 Å². The van der Waals surface area contributed by atoms with Gasteiger partial charge in [0.05, 0.1) is 5.02 Å². The molecule has 1 fully saturated rings. The van der Waals surface area contributed by atoms with E-state index in [1.807, 2.05) is 0 Å². The number of nitrogens with one attached hydrogen (secondary N) is 1. The van der Waals surface area contributed by atoms with Gasteiger partial charge in [-0.2, -0.15) is 4.31 Å². The van der Waals surface area contributed by atoms with E-state index in [1.165, 1.54) is 16.6 Å². The lowest BCUT2D eigenvalue weighted by Gasteiger charge is -2.34. The van der Waals surface area contributed by atoms with Crippen LogP contribution < -0.4 is 5.32 Å². The maximum Gasteiger partial charge on any atom is 0.244 e. The third-order valence-electron chi connectivity index (χ3n) is 3.53. The minimum absolute atomic E-state index is 0.155. The van der Waals surface area contributed by atoms with E-state index >= 15 is 0 Å². The molecule has 1 N–H and O–H groups in total. The van der Waals surface area contributed by atoms with Gasteiger partial charge < -0.3 is 5.32 Å². The van der Waals surface area contributed by atoms with Crippen LogP contribution in [0, 0.1) is 11.8 Å². The molecule has 20 heavy (non-hydrogen) atoms. The molecular weight excluding hydrogens is 298 g/mol. The maximum absolute atomic E-state index is 12.6. The third-order valence-corrected chi connectivity index (χ3v) is 5.61. The minimum atomic E-state index is -3.52. The van der Waals surface area contributed by atoms with Gasteiger partial charge in [-0.15, -0.1) is 0 Å². The highest BCUT2D eigenvalue weighted by atomic mass is 35.5. The number of aromatic nitrogens is 1. The molecule has 0 amide bonds. The topological polar surface area (TPSA) is 62.3 Å². The van der Waals surface area contributed by atoms with Gasteiger partial charge in [-0.1, -0.05) is 25.4 Å². The van der Waals surface area contributed by atoms with Crippen LogP contribution in [-0.4, -0.2) is 37.8 Å². The van der Waals surface area contributed by atoms with E-state index in [4.69, 9.17) is 11.6 Å². The number of piperidine rings is 1. The quantitative estimate of drug-likeness (QED) is 0.930. The molecule has 1 aromatic heterocycles. The molecule has 0 aliphatic carbocycles. The highest BCUT2D eigenvalue weighted by Crippen LogP contribution is 2.28. The Morgan fingerprint density at radius 1 is 1.35 bits per heavy atom. The largest absolute Gasteiger partial charge is 0.372 e. The van der Waals surface area contributed by atoms with Crippen molar-refractivity contribution >= 4 is 27.4 Å². The Morgan fingerprint density at radius 3 is 2.45 bits per heavy atom. The van der Waals surface area contributed by atoms with Crippen LogP contribution in [0.15, 0.2) is 17.2 Å². The molecule has 1 aromatic rings. The summed E-state index contributed by atoms with van der Waals surface area (Å²) >= 11 is 6.02. The van der Waals surface area contributed by atoms with Gasteiger partial charge in [0.1, 0.15) is 10.7 Å². The number of halogens is 1. The van der Waals surface area contributed by atoms with Gasteiger partial charge in [-0.05, 0) is 24.3 Å². The first-order valence-electron chi connectivity index (χ1n) is 6.68. The normalized spacial score (nSPS) is 24.6. The van der Waals surface area contributed by atoms with E-state index in [1.54, 1.807) is 7.05 Å². The summed E-state index contributed by atoms with van der Waals surface area (Å²) in [6.45, 7) is 5.26. The highest BCUT2D eigenvalue weighted by Gasteiger charge is 2.32. The van der Waals surface area contributed by atoms with Crippen LogP contribution in [0.25, 0.3) is 0 Å². The molecule has 2 atom stereocenters. The number of hydrogen-bond acceptors (Lipinski definition) is 4. The van der Waals surface area contributed by atoms with E-state index in [2.05, 4.69) is 24.1 Å². The Bertz CT molecular complexity index is 581. The van der Waals surface area contributed by atoms with Gasteiger partial charge in [0, 0.05) is 26.3 Å². The Kier molecular flexibility index (Phi) is 4.56. The van der Waals surface area contributed by atoms with Crippen LogP contribution in [0.3, 0.4) is 0 Å². The van der Waals surface area contributed by atoms with E-state index in [0.29, 0.717) is 35.8 Å². The van der Waals surface area contributed by atoms with Crippen LogP contribution in [-0.2, 0) is 10.0 Å². The van der Waals surface area contributed by atoms with Crippen molar-refractivity contribution in [1.82, 2.24) is 9.29 Å². The van der Waals surface area contributed by atoms with E-state index in [-0.39, 0.29) is 4.90 Å². The Balaban J connectivity index is 2.32. The summed E-state index contributed by atoms with van der Waals surface area (Å²) in [6, 6.07) is 1.46. The SMILES string of the molecule is CNc1ncc(S(=O)(=O)N2CC(C)CC(C)C2)cc1Cl. The van der Waals surface area contributed by atoms with E-state index in [9.17, 15) is 8.42 Å². The maximum atomic E-state index is 12.6. The van der Waals surface area contributed by atoms with Crippen molar-refractivity contribution < 1.29 is 8.42 Å². The summed E-state index contributed by atoms with van der Waals surface area (Å²) in [5.74, 6) is 1.22. The Morgan fingerprint density at radius 2 is 1.95 bits per heavy atom. The fraction of sp³-hybridized carbons (Fsp3) is 0.615. The molecule has 2 unspecified atom stereocenters. The number of rotatable bonds is 3. The van der Waals surface area contributed by atoms with Gasteiger partial charge >= 0.3 is 0 Å². The van der Waals surface area contributed by atoms with Gasteiger partial charge in [-0.3, -0.25) is 0 Å². The summed E-state index contributed by atoms with van der Waals surface area (Å²) in [5.41, 5.74) is 0. The molecule has 7 heteroatoms. The number of hydrogen-bond donors (Lipinski definition) is 1. The molecule has 0 aromatic carbocycles. The summed E-state index contributed by atoms with van der Waals surface area (Å²) in [4.78, 5) is 4.20. The Hall–Kier alpha value is -0.850. The van der Waals surface area contributed by atoms with E-state index in [0.717, 1.165) is 6.42 Å². The number of pyridine rings is 1. The van der Waals surface area contributed by atoms with Crippen molar-refractivity contribution in [2.45, 2.75) is 25.2 Å². The first-order valence-corrected chi connectivity index (χ1v) is 8.50. The summed E-state index contributed by atoms with van der Waals surface area (Å²) in [5, 5.41) is 3.13. The smallest absolute Gasteiger partial charge is 0.244 e. The van der Waals surface area contributed by atoms with Crippen LogP contribution in [0.5, 0.6) is 0 Å². The average molecular weight is 318 g/mol. The molecule has 0 radical (unpaired) electrons. The zero-order valence-electron chi connectivity index (χ0n) is 11.9. The third kappa shape index (κ3) is 3.07. The molecule has 5 nitrogen and oxygen atoms in total. The predicted octanol–water partition coefficient (Wildman–Crippen LogP) is 2.44. The summed E-state index contributed by atoms with van der Waals surface area (Å²) in [7, 11) is -1.83. The van der Waals surface area contributed by atoms with Crippen LogP contribution in [0.4, 0.5) is 5.82 Å². The lowest BCUT2D eigenvalue weighted by atomic mass is 9.94. The predicted molar refractivity (Wildman–Crippen MR) is 80.5 cm³/mol. The van der Waals surface area contributed by atoms with Gasteiger partial charge in [0.25, 0.3) is 0 Å². The summed E-state index contributed by atoms with van der Waals surface area (Å²) < 4.78 is 26.8. The second-order valence-electron chi connectivity index (χ2n) is 5.52. The molecule has 2 rings (SSSR count). The first-order chi connectivity index (χ1) is 9.34. The van der Waals surface area contributed by atoms with E-state index < -0.39 is 10.0 Å². The van der Waals surface area contributed by atoms with Crippen molar-refractivity contribution in [2.24, 2.45) is 11.8 Å². The van der Waals surface area contributed by atoms with Crippen molar-refractivity contribution in [3.05, 3.63) is 17.3 Å². The van der Waals surface area contributed by atoms with Crippen molar-refractivity contribution in [2.75, 3.05) is 25.5 Å². The van der Waals surface area contributed by atoms with Gasteiger partial charge in [0.15, 0.2) is 0 Å². The average Bonchev–Trinajstić information content (AvgIpc) is 2.37. The Labute approximate surface area is 125 Å². The first kappa shape index (κ1) is 15.5. The molecular formula is C13H20ClN3O2S. The van der Waals surface area contributed by atoms with Crippen molar-refractivity contribution in [3.63, 3.8) is 0 Å². The van der Waals surface area contributed by atoms with Gasteiger partial charge in [-0.25, -0.2) is 13.4 Å². The zero-order chi connectivity index (χ0) is 14.9. The molecule has 0 bridgehead atoms. The van der Waals surface area contributed by atoms with Crippen LogP contribution in [0.1, 0.15) is 20.3 Å². The number of nitrogens with zero attached hydrogens (tertiary/aromatic N) is 2. The molecule has 2 heterocycles. The molecule has 1 aliphatic rings. The summed E-state index contributed by atoms with van der Waals surface area (Å²) in [6.07, 6.45) is 2.42. The second kappa shape index (κ2) is 5.87. The monoisotopic (exact) mass is 317 g/mol. The molecule has 0 saturated carbocycles. The zero-order valence-corrected chi connectivity index (χ0v) is 13.5. The minimum Gasteiger partial charge on any atom is -0.372 e. The standard InChI is InChI=1S/C13H20ClN3O2S/c1-9-4-10(2)8-17(7-9)20(18,19)11-5-12(14)13(15-3)16-6-11/h5-6,9-10H,4,7-8H2,1-3H3,(H,15,16). The molecule has 1 saturated heterocycles. The second-order valence-corrected chi connectivity index (χ2v) is 7.86. The van der Waals surface area contributed by atoms with Crippen molar-refractivity contribution in [3.8, 4) is 0 Å². The molecule has 1 aliphatic heterocycles. The molecule has 0 spiro atoms. The fourth-order valence-corrected chi connectivity index (χ4v) is 4.67.